The largest absolute Gasteiger partial charge is 0.361 e. The standard InChI is InChI=1S/C13H24N4O3S/c1-10-13(11(2)20-16-10)9-15-21(18,19)17-7-5-4-6-12(17)8-14-3/h12,14-15H,4-9H2,1-3H3. The summed E-state index contributed by atoms with van der Waals surface area (Å²) >= 11 is 0. The van der Waals surface area contributed by atoms with Gasteiger partial charge in [-0.05, 0) is 33.7 Å². The monoisotopic (exact) mass is 316 g/mol. The molecule has 0 radical (unpaired) electrons. The normalized spacial score (nSPS) is 20.8. The predicted octanol–water partition coefficient (Wildman–Crippen LogP) is 0.700. The Labute approximate surface area is 126 Å². The van der Waals surface area contributed by atoms with E-state index in [-0.39, 0.29) is 12.6 Å². The van der Waals surface area contributed by atoms with Crippen molar-refractivity contribution in [1.82, 2.24) is 19.5 Å². The van der Waals surface area contributed by atoms with Gasteiger partial charge in [0.1, 0.15) is 5.76 Å². The molecule has 0 saturated carbocycles. The van der Waals surface area contributed by atoms with Crippen molar-refractivity contribution in [1.29, 1.82) is 0 Å². The molecule has 7 nitrogen and oxygen atoms in total. The number of aryl methyl sites for hydroxylation is 2. The van der Waals surface area contributed by atoms with E-state index in [1.807, 2.05) is 14.0 Å². The number of nitrogens with zero attached hydrogens (tertiary/aromatic N) is 2. The number of aromatic nitrogens is 1. The summed E-state index contributed by atoms with van der Waals surface area (Å²) in [6.45, 7) is 5.06. The summed E-state index contributed by atoms with van der Waals surface area (Å²) in [6, 6.07) is 0.0194. The van der Waals surface area contributed by atoms with Gasteiger partial charge in [-0.25, -0.2) is 0 Å². The third-order valence-corrected chi connectivity index (χ3v) is 5.54. The third-order valence-electron chi connectivity index (χ3n) is 3.93. The molecule has 1 saturated heterocycles. The lowest BCUT2D eigenvalue weighted by molar-refractivity contribution is 0.246. The fourth-order valence-corrected chi connectivity index (χ4v) is 4.17. The summed E-state index contributed by atoms with van der Waals surface area (Å²) in [5.41, 5.74) is 1.53. The molecule has 1 unspecified atom stereocenters. The zero-order valence-electron chi connectivity index (χ0n) is 12.8. The molecule has 1 aromatic heterocycles. The zero-order valence-corrected chi connectivity index (χ0v) is 13.7. The van der Waals surface area contributed by atoms with Gasteiger partial charge in [0.15, 0.2) is 0 Å². The average Bonchev–Trinajstić information content (AvgIpc) is 2.77. The average molecular weight is 316 g/mol. The van der Waals surface area contributed by atoms with E-state index in [0.29, 0.717) is 18.8 Å². The van der Waals surface area contributed by atoms with E-state index in [1.54, 1.807) is 11.2 Å². The Kier molecular flexibility index (Phi) is 5.37. The molecule has 0 aromatic carbocycles. The SMILES string of the molecule is CNCC1CCCCN1S(=O)(=O)NCc1c(C)noc1C. The van der Waals surface area contributed by atoms with Gasteiger partial charge in [0.2, 0.25) is 0 Å². The van der Waals surface area contributed by atoms with Gasteiger partial charge in [0.05, 0.1) is 5.69 Å². The molecule has 0 bridgehead atoms. The first-order valence-corrected chi connectivity index (χ1v) is 8.72. The van der Waals surface area contributed by atoms with Crippen LogP contribution in [-0.2, 0) is 16.8 Å². The molecule has 1 atom stereocenters. The first kappa shape index (κ1) is 16.4. The summed E-state index contributed by atoms with van der Waals surface area (Å²) in [5.74, 6) is 0.653. The number of rotatable bonds is 6. The third kappa shape index (κ3) is 3.82. The van der Waals surface area contributed by atoms with Crippen molar-refractivity contribution < 1.29 is 12.9 Å². The lowest BCUT2D eigenvalue weighted by Crippen LogP contribution is -2.51. The Hall–Kier alpha value is -0.960. The van der Waals surface area contributed by atoms with Gasteiger partial charge in [-0.1, -0.05) is 11.6 Å². The zero-order chi connectivity index (χ0) is 15.5. The van der Waals surface area contributed by atoms with Crippen LogP contribution in [-0.4, -0.2) is 44.1 Å². The second kappa shape index (κ2) is 6.87. The molecule has 0 aliphatic carbocycles. The summed E-state index contributed by atoms with van der Waals surface area (Å²) in [5, 5.41) is 6.91. The van der Waals surface area contributed by atoms with Crippen LogP contribution < -0.4 is 10.0 Å². The summed E-state index contributed by atoms with van der Waals surface area (Å²) < 4.78 is 34.4. The molecule has 0 spiro atoms. The van der Waals surface area contributed by atoms with Crippen LogP contribution in [0.5, 0.6) is 0 Å². The lowest BCUT2D eigenvalue weighted by Gasteiger charge is -2.34. The number of hydrogen-bond donors (Lipinski definition) is 2. The maximum atomic E-state index is 12.5. The first-order chi connectivity index (χ1) is 9.95. The van der Waals surface area contributed by atoms with Crippen LogP contribution >= 0.6 is 0 Å². The van der Waals surface area contributed by atoms with Crippen molar-refractivity contribution >= 4 is 10.2 Å². The van der Waals surface area contributed by atoms with E-state index in [9.17, 15) is 8.42 Å². The Bertz CT molecular complexity index is 548. The minimum atomic E-state index is -3.49. The topological polar surface area (TPSA) is 87.5 Å². The van der Waals surface area contributed by atoms with Gasteiger partial charge in [-0.3, -0.25) is 0 Å². The highest BCUT2D eigenvalue weighted by Crippen LogP contribution is 2.20. The minimum Gasteiger partial charge on any atom is -0.361 e. The van der Waals surface area contributed by atoms with Crippen molar-refractivity contribution in [3.8, 4) is 0 Å². The Morgan fingerprint density at radius 3 is 2.76 bits per heavy atom. The molecule has 2 rings (SSSR count). The smallest absolute Gasteiger partial charge is 0.280 e. The number of hydrogen-bond acceptors (Lipinski definition) is 5. The van der Waals surface area contributed by atoms with Crippen molar-refractivity contribution in [2.75, 3.05) is 20.1 Å². The van der Waals surface area contributed by atoms with E-state index < -0.39 is 10.2 Å². The number of nitrogens with one attached hydrogen (secondary N) is 2. The van der Waals surface area contributed by atoms with Gasteiger partial charge >= 0.3 is 0 Å². The Balaban J connectivity index is 2.06. The van der Waals surface area contributed by atoms with E-state index >= 15 is 0 Å². The number of piperidine rings is 1. The lowest BCUT2D eigenvalue weighted by atomic mass is 10.1. The number of likely N-dealkylation sites (N-methyl/N-ethyl adjacent to an activating group) is 1. The van der Waals surface area contributed by atoms with Crippen LogP contribution in [0.25, 0.3) is 0 Å². The summed E-state index contributed by atoms with van der Waals surface area (Å²) in [7, 11) is -1.65. The van der Waals surface area contributed by atoms with Crippen LogP contribution in [0.2, 0.25) is 0 Å². The van der Waals surface area contributed by atoms with Gasteiger partial charge in [0.25, 0.3) is 10.2 Å². The summed E-state index contributed by atoms with van der Waals surface area (Å²) in [4.78, 5) is 0. The van der Waals surface area contributed by atoms with E-state index in [2.05, 4.69) is 15.2 Å². The molecule has 120 valence electrons. The molecule has 1 aliphatic heterocycles. The molecule has 1 fully saturated rings. The minimum absolute atomic E-state index is 0.0194. The maximum Gasteiger partial charge on any atom is 0.280 e. The highest BCUT2D eigenvalue weighted by Gasteiger charge is 2.31. The highest BCUT2D eigenvalue weighted by atomic mass is 32.2. The molecule has 2 heterocycles. The van der Waals surface area contributed by atoms with Crippen molar-refractivity contribution in [2.24, 2.45) is 0 Å². The second-order valence-corrected chi connectivity index (χ2v) is 7.15. The van der Waals surface area contributed by atoms with Crippen LogP contribution in [0.1, 0.15) is 36.3 Å². The Morgan fingerprint density at radius 1 is 1.38 bits per heavy atom. The van der Waals surface area contributed by atoms with Crippen molar-refractivity contribution in [3.05, 3.63) is 17.0 Å². The quantitative estimate of drug-likeness (QED) is 0.806. The molecular weight excluding hydrogens is 292 g/mol. The van der Waals surface area contributed by atoms with Gasteiger partial charge in [-0.2, -0.15) is 17.4 Å². The molecule has 8 heteroatoms. The fraction of sp³-hybridized carbons (Fsp3) is 0.769. The second-order valence-electron chi connectivity index (χ2n) is 5.45. The fourth-order valence-electron chi connectivity index (χ4n) is 2.73. The summed E-state index contributed by atoms with van der Waals surface area (Å²) in [6.07, 6.45) is 2.88. The van der Waals surface area contributed by atoms with E-state index in [0.717, 1.165) is 30.5 Å². The van der Waals surface area contributed by atoms with E-state index in [4.69, 9.17) is 4.52 Å². The highest BCUT2D eigenvalue weighted by molar-refractivity contribution is 7.87. The van der Waals surface area contributed by atoms with Crippen LogP contribution in [0.4, 0.5) is 0 Å². The molecule has 1 aromatic rings. The van der Waals surface area contributed by atoms with Crippen LogP contribution in [0, 0.1) is 13.8 Å². The predicted molar refractivity (Wildman–Crippen MR) is 80.0 cm³/mol. The van der Waals surface area contributed by atoms with Crippen LogP contribution in [0.3, 0.4) is 0 Å². The van der Waals surface area contributed by atoms with Gasteiger partial charge in [-0.15, -0.1) is 0 Å². The molecule has 2 N–H and O–H groups in total. The maximum absolute atomic E-state index is 12.5. The first-order valence-electron chi connectivity index (χ1n) is 7.28. The van der Waals surface area contributed by atoms with Crippen LogP contribution in [0.15, 0.2) is 4.52 Å². The van der Waals surface area contributed by atoms with E-state index in [1.165, 1.54) is 0 Å². The Morgan fingerprint density at radius 2 is 2.14 bits per heavy atom. The van der Waals surface area contributed by atoms with Crippen molar-refractivity contribution in [2.45, 2.75) is 45.7 Å². The van der Waals surface area contributed by atoms with Crippen molar-refractivity contribution in [3.63, 3.8) is 0 Å². The van der Waals surface area contributed by atoms with Gasteiger partial charge in [0, 0.05) is 31.2 Å². The molecule has 0 amide bonds. The molecule has 21 heavy (non-hydrogen) atoms. The molecular formula is C13H24N4O3S. The van der Waals surface area contributed by atoms with Gasteiger partial charge < -0.3 is 9.84 Å². The molecule has 1 aliphatic rings.